The zero-order valence-corrected chi connectivity index (χ0v) is 19.9. The van der Waals surface area contributed by atoms with Gasteiger partial charge in [0, 0.05) is 32.2 Å². The summed E-state index contributed by atoms with van der Waals surface area (Å²) in [6.45, 7) is -1.17. The molecule has 0 fully saturated rings. The van der Waals surface area contributed by atoms with Crippen LogP contribution in [0.2, 0.25) is 0 Å². The van der Waals surface area contributed by atoms with Crippen molar-refractivity contribution in [3.8, 4) is 11.5 Å². The van der Waals surface area contributed by atoms with Crippen molar-refractivity contribution in [2.45, 2.75) is 26.2 Å². The molecule has 0 amide bonds. The van der Waals surface area contributed by atoms with E-state index < -0.39 is 6.61 Å². The SMILES string of the molecule is CN=C(NCc1ccc(CN(C)C)cc1)NCc1cc(OC)ccc1OC(F)F.I. The zero-order chi connectivity index (χ0) is 21.2. The van der Waals surface area contributed by atoms with Crippen molar-refractivity contribution >= 4 is 29.9 Å². The molecule has 0 heterocycles. The molecule has 0 saturated carbocycles. The molecule has 0 radical (unpaired) electrons. The van der Waals surface area contributed by atoms with Crippen LogP contribution < -0.4 is 20.1 Å². The second-order valence-corrected chi connectivity index (χ2v) is 6.69. The topological polar surface area (TPSA) is 58.1 Å². The van der Waals surface area contributed by atoms with Gasteiger partial charge in [0.05, 0.1) is 7.11 Å². The third kappa shape index (κ3) is 8.70. The van der Waals surface area contributed by atoms with Crippen LogP contribution in [0.25, 0.3) is 0 Å². The summed E-state index contributed by atoms with van der Waals surface area (Å²) >= 11 is 0. The maximum atomic E-state index is 12.6. The van der Waals surface area contributed by atoms with Gasteiger partial charge in [-0.05, 0) is 43.4 Å². The first-order valence-corrected chi connectivity index (χ1v) is 9.20. The first kappa shape index (κ1) is 25.9. The van der Waals surface area contributed by atoms with Crippen LogP contribution in [0.3, 0.4) is 0 Å². The third-order valence-corrected chi connectivity index (χ3v) is 4.14. The van der Waals surface area contributed by atoms with Crippen LogP contribution in [0.5, 0.6) is 11.5 Å². The zero-order valence-electron chi connectivity index (χ0n) is 17.6. The van der Waals surface area contributed by atoms with Crippen molar-refractivity contribution in [1.29, 1.82) is 0 Å². The lowest BCUT2D eigenvalue weighted by Gasteiger charge is -2.16. The van der Waals surface area contributed by atoms with E-state index >= 15 is 0 Å². The van der Waals surface area contributed by atoms with Gasteiger partial charge in [-0.2, -0.15) is 8.78 Å². The van der Waals surface area contributed by atoms with E-state index in [1.54, 1.807) is 19.2 Å². The Morgan fingerprint density at radius 2 is 1.67 bits per heavy atom. The number of nitrogens with one attached hydrogen (secondary N) is 2. The van der Waals surface area contributed by atoms with Gasteiger partial charge in [0.15, 0.2) is 5.96 Å². The number of ether oxygens (including phenoxy) is 2. The lowest BCUT2D eigenvalue weighted by Crippen LogP contribution is -2.36. The molecule has 0 aliphatic rings. The largest absolute Gasteiger partial charge is 0.497 e. The number of halogens is 3. The molecule has 30 heavy (non-hydrogen) atoms. The van der Waals surface area contributed by atoms with Crippen LogP contribution in [0, 0.1) is 0 Å². The number of methoxy groups -OCH3 is 1. The fraction of sp³-hybridized carbons (Fsp3) is 0.381. The minimum Gasteiger partial charge on any atom is -0.497 e. The smallest absolute Gasteiger partial charge is 0.387 e. The predicted octanol–water partition coefficient (Wildman–Crippen LogP) is 3.84. The summed E-state index contributed by atoms with van der Waals surface area (Å²) in [5.41, 5.74) is 2.89. The molecule has 2 N–H and O–H groups in total. The Labute approximate surface area is 193 Å². The third-order valence-electron chi connectivity index (χ3n) is 4.14. The molecule has 0 saturated heterocycles. The molecule has 2 rings (SSSR count). The summed E-state index contributed by atoms with van der Waals surface area (Å²) in [7, 11) is 7.23. The van der Waals surface area contributed by atoms with E-state index in [1.807, 2.05) is 14.1 Å². The van der Waals surface area contributed by atoms with Crippen LogP contribution in [0.15, 0.2) is 47.5 Å². The first-order valence-electron chi connectivity index (χ1n) is 9.20. The van der Waals surface area contributed by atoms with Crippen molar-refractivity contribution in [2.75, 3.05) is 28.3 Å². The second kappa shape index (κ2) is 13.2. The minimum absolute atomic E-state index is 0. The summed E-state index contributed by atoms with van der Waals surface area (Å²) in [4.78, 5) is 6.29. The molecule has 0 unspecified atom stereocenters. The molecule has 0 spiro atoms. The van der Waals surface area contributed by atoms with Gasteiger partial charge in [-0.3, -0.25) is 4.99 Å². The summed E-state index contributed by atoms with van der Waals surface area (Å²) in [6, 6.07) is 13.0. The lowest BCUT2D eigenvalue weighted by atomic mass is 10.1. The Morgan fingerprint density at radius 3 is 2.23 bits per heavy atom. The number of guanidine groups is 1. The van der Waals surface area contributed by atoms with Crippen molar-refractivity contribution in [1.82, 2.24) is 15.5 Å². The Hall–Kier alpha value is -2.14. The van der Waals surface area contributed by atoms with E-state index in [4.69, 9.17) is 4.74 Å². The van der Waals surface area contributed by atoms with E-state index in [-0.39, 0.29) is 36.3 Å². The van der Waals surface area contributed by atoms with Gasteiger partial charge < -0.3 is 25.0 Å². The maximum Gasteiger partial charge on any atom is 0.387 e. The van der Waals surface area contributed by atoms with Crippen LogP contribution in [0.4, 0.5) is 8.78 Å². The summed E-state index contributed by atoms with van der Waals surface area (Å²) in [6.07, 6.45) is 0. The Bertz CT molecular complexity index is 802. The van der Waals surface area contributed by atoms with Gasteiger partial charge in [0.2, 0.25) is 0 Å². The standard InChI is InChI=1S/C21H28F2N4O2.HI/c1-24-21(25-12-15-5-7-16(8-6-15)14-27(2)3)26-13-17-11-18(28-4)9-10-19(17)29-20(22)23;/h5-11,20H,12-14H2,1-4H3,(H2,24,25,26);1H. The van der Waals surface area contributed by atoms with Crippen LogP contribution in [-0.4, -0.2) is 45.7 Å². The molecule has 0 bridgehead atoms. The predicted molar refractivity (Wildman–Crippen MR) is 126 cm³/mol. The van der Waals surface area contributed by atoms with Crippen molar-refractivity contribution in [3.63, 3.8) is 0 Å². The van der Waals surface area contributed by atoms with Crippen LogP contribution in [0.1, 0.15) is 16.7 Å². The number of alkyl halides is 2. The molecule has 2 aromatic carbocycles. The molecule has 0 atom stereocenters. The molecule has 0 aliphatic carbocycles. The highest BCUT2D eigenvalue weighted by Crippen LogP contribution is 2.25. The molecule has 2 aromatic rings. The minimum atomic E-state index is -2.89. The van der Waals surface area contributed by atoms with Crippen LogP contribution >= 0.6 is 24.0 Å². The Kier molecular flexibility index (Phi) is 11.4. The highest BCUT2D eigenvalue weighted by molar-refractivity contribution is 14.0. The first-order chi connectivity index (χ1) is 13.9. The number of nitrogens with zero attached hydrogens (tertiary/aromatic N) is 2. The number of benzene rings is 2. The lowest BCUT2D eigenvalue weighted by molar-refractivity contribution is -0.0504. The van der Waals surface area contributed by atoms with E-state index in [2.05, 4.69) is 49.5 Å². The number of hydrogen-bond donors (Lipinski definition) is 2. The fourth-order valence-corrected chi connectivity index (χ4v) is 2.74. The van der Waals surface area contributed by atoms with Gasteiger partial charge >= 0.3 is 6.61 Å². The normalized spacial score (nSPS) is 11.3. The van der Waals surface area contributed by atoms with Gasteiger partial charge in [-0.1, -0.05) is 24.3 Å². The number of hydrogen-bond acceptors (Lipinski definition) is 4. The number of aliphatic imine (C=N–C) groups is 1. The molecule has 6 nitrogen and oxygen atoms in total. The molecule has 0 aliphatic heterocycles. The summed E-state index contributed by atoms with van der Waals surface area (Å²) in [5, 5.41) is 6.32. The van der Waals surface area contributed by atoms with Crippen molar-refractivity contribution < 1.29 is 18.3 Å². The van der Waals surface area contributed by atoms with Gasteiger partial charge in [-0.25, -0.2) is 0 Å². The van der Waals surface area contributed by atoms with Gasteiger partial charge in [0.25, 0.3) is 0 Å². The highest BCUT2D eigenvalue weighted by atomic mass is 127. The molecule has 9 heteroatoms. The van der Waals surface area contributed by atoms with Gasteiger partial charge in [-0.15, -0.1) is 24.0 Å². The molecule has 166 valence electrons. The van der Waals surface area contributed by atoms with E-state index in [0.29, 0.717) is 23.8 Å². The maximum absolute atomic E-state index is 12.6. The fourth-order valence-electron chi connectivity index (χ4n) is 2.74. The summed E-state index contributed by atoms with van der Waals surface area (Å²) < 4.78 is 35.0. The Morgan fingerprint density at radius 1 is 1.03 bits per heavy atom. The average molecular weight is 534 g/mol. The molecular formula is C21H29F2IN4O2. The molecular weight excluding hydrogens is 505 g/mol. The summed E-state index contributed by atoms with van der Waals surface area (Å²) in [5.74, 6) is 1.21. The van der Waals surface area contributed by atoms with Crippen molar-refractivity contribution in [3.05, 3.63) is 59.2 Å². The monoisotopic (exact) mass is 534 g/mol. The Balaban J connectivity index is 0.00000450. The van der Waals surface area contributed by atoms with Crippen LogP contribution in [-0.2, 0) is 19.6 Å². The molecule has 0 aromatic heterocycles. The number of rotatable bonds is 9. The second-order valence-electron chi connectivity index (χ2n) is 6.69. The average Bonchev–Trinajstić information content (AvgIpc) is 2.69. The quantitative estimate of drug-likeness (QED) is 0.291. The van der Waals surface area contributed by atoms with E-state index in [1.165, 1.54) is 18.7 Å². The van der Waals surface area contributed by atoms with Crippen molar-refractivity contribution in [2.24, 2.45) is 4.99 Å². The van der Waals surface area contributed by atoms with Gasteiger partial charge in [0.1, 0.15) is 11.5 Å². The highest BCUT2D eigenvalue weighted by Gasteiger charge is 2.11. The van der Waals surface area contributed by atoms with E-state index in [0.717, 1.165) is 12.1 Å². The van der Waals surface area contributed by atoms with E-state index in [9.17, 15) is 8.78 Å².